The molecule has 0 saturated heterocycles. The van der Waals surface area contributed by atoms with Crippen LogP contribution in [0.15, 0.2) is 24.5 Å². The predicted molar refractivity (Wildman–Crippen MR) is 53.7 cm³/mol. The molecule has 0 aliphatic heterocycles. The van der Waals surface area contributed by atoms with Gasteiger partial charge >= 0.3 is 0 Å². The Morgan fingerprint density at radius 1 is 1.54 bits per heavy atom. The predicted octanol–water partition coefficient (Wildman–Crippen LogP) is 1.94. The normalized spacial score (nSPS) is 26.4. The fourth-order valence-corrected chi connectivity index (χ4v) is 1.77. The first-order valence-corrected chi connectivity index (χ1v) is 4.93. The molecule has 1 aromatic heterocycles. The molecule has 1 fully saturated rings. The Morgan fingerprint density at radius 2 is 2.38 bits per heavy atom. The zero-order valence-corrected chi connectivity index (χ0v) is 8.20. The van der Waals surface area contributed by atoms with Gasteiger partial charge in [-0.1, -0.05) is 19.9 Å². The summed E-state index contributed by atoms with van der Waals surface area (Å²) < 4.78 is 0. The summed E-state index contributed by atoms with van der Waals surface area (Å²) >= 11 is 0. The van der Waals surface area contributed by atoms with Crippen LogP contribution < -0.4 is 5.32 Å². The fraction of sp³-hybridized carbons (Fsp3) is 0.545. The van der Waals surface area contributed by atoms with Crippen molar-refractivity contribution in [1.82, 2.24) is 10.3 Å². The smallest absolute Gasteiger partial charge is 0.0303 e. The molecular formula is C11H16N2. The number of hydrogen-bond donors (Lipinski definition) is 1. The molecule has 1 aliphatic carbocycles. The Bertz CT molecular complexity index is 269. The summed E-state index contributed by atoms with van der Waals surface area (Å²) in [5, 5.41) is 3.54. The highest BCUT2D eigenvalue weighted by molar-refractivity contribution is 5.24. The average molecular weight is 176 g/mol. The summed E-state index contributed by atoms with van der Waals surface area (Å²) in [7, 11) is 0. The Kier molecular flexibility index (Phi) is 2.32. The van der Waals surface area contributed by atoms with Crippen LogP contribution in [0.4, 0.5) is 0 Å². The van der Waals surface area contributed by atoms with Gasteiger partial charge in [-0.2, -0.15) is 0 Å². The highest BCUT2D eigenvalue weighted by Crippen LogP contribution is 2.40. The van der Waals surface area contributed by atoms with Gasteiger partial charge in [0.2, 0.25) is 0 Å². The summed E-state index contributed by atoms with van der Waals surface area (Å²) in [6.45, 7) is 4.39. The van der Waals surface area contributed by atoms with E-state index in [1.807, 2.05) is 18.5 Å². The minimum Gasteiger partial charge on any atom is -0.311 e. The number of pyridine rings is 1. The Labute approximate surface area is 79.4 Å². The standard InChI is InChI=1S/C11H16N2/c1-8(2)13-11-6-10(11)9-4-3-5-12-7-9/h3-5,7-8,10-11,13H,6H2,1-2H3. The van der Waals surface area contributed by atoms with Crippen molar-refractivity contribution in [1.29, 1.82) is 0 Å². The highest BCUT2D eigenvalue weighted by atomic mass is 15.0. The van der Waals surface area contributed by atoms with Gasteiger partial charge in [0.1, 0.15) is 0 Å². The molecule has 1 saturated carbocycles. The monoisotopic (exact) mass is 176 g/mol. The molecule has 1 heterocycles. The Morgan fingerprint density at radius 3 is 3.00 bits per heavy atom. The van der Waals surface area contributed by atoms with E-state index in [2.05, 4.69) is 30.2 Å². The van der Waals surface area contributed by atoms with Gasteiger partial charge in [0.15, 0.2) is 0 Å². The quantitative estimate of drug-likeness (QED) is 0.761. The maximum Gasteiger partial charge on any atom is 0.0303 e. The van der Waals surface area contributed by atoms with Crippen molar-refractivity contribution in [2.24, 2.45) is 0 Å². The van der Waals surface area contributed by atoms with Crippen molar-refractivity contribution in [2.75, 3.05) is 0 Å². The topological polar surface area (TPSA) is 24.9 Å². The van der Waals surface area contributed by atoms with Crippen LogP contribution in [0.5, 0.6) is 0 Å². The largest absolute Gasteiger partial charge is 0.311 e. The number of aromatic nitrogens is 1. The number of rotatable bonds is 3. The van der Waals surface area contributed by atoms with E-state index in [1.165, 1.54) is 12.0 Å². The Balaban J connectivity index is 1.93. The molecule has 0 bridgehead atoms. The minimum atomic E-state index is 0.590. The maximum atomic E-state index is 4.13. The zero-order valence-electron chi connectivity index (χ0n) is 8.20. The van der Waals surface area contributed by atoms with Gasteiger partial charge in [-0.15, -0.1) is 0 Å². The van der Waals surface area contributed by atoms with E-state index >= 15 is 0 Å². The summed E-state index contributed by atoms with van der Waals surface area (Å²) in [6, 6.07) is 5.45. The van der Waals surface area contributed by atoms with E-state index < -0.39 is 0 Å². The molecule has 13 heavy (non-hydrogen) atoms. The first-order valence-electron chi connectivity index (χ1n) is 4.93. The van der Waals surface area contributed by atoms with Crippen molar-refractivity contribution < 1.29 is 0 Å². The second kappa shape index (κ2) is 3.46. The van der Waals surface area contributed by atoms with E-state index in [9.17, 15) is 0 Å². The molecule has 2 unspecified atom stereocenters. The van der Waals surface area contributed by atoms with Gasteiger partial charge in [-0.25, -0.2) is 0 Å². The third-order valence-electron chi connectivity index (χ3n) is 2.45. The SMILES string of the molecule is CC(C)NC1CC1c1cccnc1. The minimum absolute atomic E-state index is 0.590. The van der Waals surface area contributed by atoms with Crippen molar-refractivity contribution in [3.05, 3.63) is 30.1 Å². The first kappa shape index (κ1) is 8.70. The second-order valence-corrected chi connectivity index (χ2v) is 4.06. The summed E-state index contributed by atoms with van der Waals surface area (Å²) in [5.74, 6) is 0.705. The maximum absolute atomic E-state index is 4.13. The van der Waals surface area contributed by atoms with Crippen molar-refractivity contribution >= 4 is 0 Å². The summed E-state index contributed by atoms with van der Waals surface area (Å²) in [5.41, 5.74) is 1.38. The Hall–Kier alpha value is -0.890. The highest BCUT2D eigenvalue weighted by Gasteiger charge is 2.38. The van der Waals surface area contributed by atoms with Crippen LogP contribution in [0, 0.1) is 0 Å². The molecule has 1 aromatic rings. The van der Waals surface area contributed by atoms with E-state index in [4.69, 9.17) is 0 Å². The molecule has 0 spiro atoms. The molecular weight excluding hydrogens is 160 g/mol. The fourth-order valence-electron chi connectivity index (χ4n) is 1.77. The van der Waals surface area contributed by atoms with Crippen LogP contribution in [0.1, 0.15) is 31.7 Å². The van der Waals surface area contributed by atoms with E-state index in [0.717, 1.165) is 0 Å². The van der Waals surface area contributed by atoms with Crippen LogP contribution in [0.25, 0.3) is 0 Å². The molecule has 1 aliphatic rings. The van der Waals surface area contributed by atoms with Gasteiger partial charge in [-0.3, -0.25) is 4.98 Å². The molecule has 0 aromatic carbocycles. The zero-order chi connectivity index (χ0) is 9.26. The molecule has 0 amide bonds. The third-order valence-corrected chi connectivity index (χ3v) is 2.45. The number of nitrogens with one attached hydrogen (secondary N) is 1. The molecule has 2 rings (SSSR count). The van der Waals surface area contributed by atoms with E-state index in [-0.39, 0.29) is 0 Å². The van der Waals surface area contributed by atoms with Gasteiger partial charge in [0.05, 0.1) is 0 Å². The number of hydrogen-bond acceptors (Lipinski definition) is 2. The van der Waals surface area contributed by atoms with Gasteiger partial charge in [0, 0.05) is 30.4 Å². The van der Waals surface area contributed by atoms with Crippen LogP contribution >= 0.6 is 0 Å². The molecule has 2 atom stereocenters. The van der Waals surface area contributed by atoms with Crippen molar-refractivity contribution in [3.63, 3.8) is 0 Å². The lowest BCUT2D eigenvalue weighted by atomic mass is 10.2. The molecule has 2 heteroatoms. The lowest BCUT2D eigenvalue weighted by molar-refractivity contribution is 0.576. The molecule has 2 nitrogen and oxygen atoms in total. The summed E-state index contributed by atoms with van der Waals surface area (Å²) in [6.07, 6.45) is 5.08. The van der Waals surface area contributed by atoms with Crippen LogP contribution in [-0.4, -0.2) is 17.1 Å². The third kappa shape index (κ3) is 2.07. The van der Waals surface area contributed by atoms with Crippen LogP contribution in [0.2, 0.25) is 0 Å². The van der Waals surface area contributed by atoms with Gasteiger partial charge < -0.3 is 5.32 Å². The molecule has 1 N–H and O–H groups in total. The lowest BCUT2D eigenvalue weighted by Crippen LogP contribution is -2.25. The van der Waals surface area contributed by atoms with Gasteiger partial charge in [0.25, 0.3) is 0 Å². The van der Waals surface area contributed by atoms with Crippen molar-refractivity contribution in [2.45, 2.75) is 38.3 Å². The van der Waals surface area contributed by atoms with E-state index in [1.54, 1.807) is 0 Å². The van der Waals surface area contributed by atoms with E-state index in [0.29, 0.717) is 18.0 Å². The molecule has 70 valence electrons. The van der Waals surface area contributed by atoms with Crippen LogP contribution in [-0.2, 0) is 0 Å². The molecule has 0 radical (unpaired) electrons. The van der Waals surface area contributed by atoms with Gasteiger partial charge in [-0.05, 0) is 18.1 Å². The summed E-state index contributed by atoms with van der Waals surface area (Å²) in [4.78, 5) is 4.13. The second-order valence-electron chi connectivity index (χ2n) is 4.06. The first-order chi connectivity index (χ1) is 6.27. The van der Waals surface area contributed by atoms with Crippen LogP contribution in [0.3, 0.4) is 0 Å². The lowest BCUT2D eigenvalue weighted by Gasteiger charge is -2.06. The van der Waals surface area contributed by atoms with Crippen molar-refractivity contribution in [3.8, 4) is 0 Å². The average Bonchev–Trinajstić information content (AvgIpc) is 2.84. The number of nitrogens with zero attached hydrogens (tertiary/aromatic N) is 1.